The van der Waals surface area contributed by atoms with Gasteiger partial charge in [-0.2, -0.15) is 0 Å². The lowest BCUT2D eigenvalue weighted by atomic mass is 10.1. The fourth-order valence-corrected chi connectivity index (χ4v) is 3.97. The van der Waals surface area contributed by atoms with Crippen LogP contribution in [0.1, 0.15) is 46.4 Å². The second kappa shape index (κ2) is 7.19. The minimum absolute atomic E-state index is 0.00107. The molecule has 29 heavy (non-hydrogen) atoms. The Morgan fingerprint density at radius 1 is 1.03 bits per heavy atom. The molecule has 1 aromatic rings. The molecular weight excluding hydrogens is 382 g/mol. The molecule has 0 aliphatic carbocycles. The molecule has 4 amide bonds. The third kappa shape index (κ3) is 3.00. The van der Waals surface area contributed by atoms with Crippen molar-refractivity contribution in [3.8, 4) is 0 Å². The molecule has 0 radical (unpaired) electrons. The maximum atomic E-state index is 13.4. The maximum absolute atomic E-state index is 13.4. The molecule has 3 heterocycles. The summed E-state index contributed by atoms with van der Waals surface area (Å²) < 4.78 is 9.68. The van der Waals surface area contributed by atoms with Crippen molar-refractivity contribution in [2.24, 2.45) is 0 Å². The number of hydrogen-bond acceptors (Lipinski definition) is 7. The van der Waals surface area contributed by atoms with Gasteiger partial charge in [0.15, 0.2) is 6.23 Å². The predicted molar refractivity (Wildman–Crippen MR) is 95.0 cm³/mol. The average Bonchev–Trinajstić information content (AvgIpc) is 2.90. The first-order chi connectivity index (χ1) is 13.9. The molecule has 3 aliphatic rings. The second-order valence-corrected chi connectivity index (χ2v) is 6.95. The highest BCUT2D eigenvalue weighted by Gasteiger charge is 2.49. The maximum Gasteiger partial charge on any atom is 0.509 e. The lowest BCUT2D eigenvalue weighted by Gasteiger charge is -2.42. The number of hydrogen-bond donors (Lipinski definition) is 0. The monoisotopic (exact) mass is 401 g/mol. The van der Waals surface area contributed by atoms with E-state index < -0.39 is 36.1 Å². The van der Waals surface area contributed by atoms with Gasteiger partial charge < -0.3 is 9.47 Å². The number of hydrazine groups is 1. The SMILES string of the molecule is COC(=O)O[C@H]1CCCN2C(=O)CCC(N3C(=O)c4ccccc4C3=O)C(=O)N12. The van der Waals surface area contributed by atoms with Crippen molar-refractivity contribution in [2.75, 3.05) is 13.7 Å². The minimum Gasteiger partial charge on any atom is -0.438 e. The van der Waals surface area contributed by atoms with Gasteiger partial charge in [-0.1, -0.05) is 12.1 Å². The van der Waals surface area contributed by atoms with Crippen LogP contribution in [0.25, 0.3) is 0 Å². The molecule has 4 rings (SSSR count). The summed E-state index contributed by atoms with van der Waals surface area (Å²) in [5.74, 6) is -2.13. The van der Waals surface area contributed by atoms with Crippen molar-refractivity contribution in [3.05, 3.63) is 35.4 Å². The highest BCUT2D eigenvalue weighted by atomic mass is 16.7. The predicted octanol–water partition coefficient (Wildman–Crippen LogP) is 0.920. The first-order valence-corrected chi connectivity index (χ1v) is 9.29. The smallest absolute Gasteiger partial charge is 0.438 e. The number of carbonyl (C=O) groups excluding carboxylic acids is 5. The van der Waals surface area contributed by atoms with Crippen molar-refractivity contribution < 1.29 is 33.4 Å². The molecule has 0 bridgehead atoms. The van der Waals surface area contributed by atoms with Gasteiger partial charge in [0.1, 0.15) is 6.04 Å². The average molecular weight is 401 g/mol. The van der Waals surface area contributed by atoms with E-state index in [-0.39, 0.29) is 36.4 Å². The Labute approximate surface area is 165 Å². The molecule has 0 saturated carbocycles. The van der Waals surface area contributed by atoms with Gasteiger partial charge in [-0.05, 0) is 25.0 Å². The van der Waals surface area contributed by atoms with Gasteiger partial charge in [-0.3, -0.25) is 24.1 Å². The fraction of sp³-hybridized carbons (Fsp3) is 0.421. The molecule has 2 saturated heterocycles. The first kappa shape index (κ1) is 18.9. The van der Waals surface area contributed by atoms with E-state index in [1.54, 1.807) is 12.1 Å². The van der Waals surface area contributed by atoms with Crippen molar-refractivity contribution in [1.82, 2.24) is 14.9 Å². The highest BCUT2D eigenvalue weighted by molar-refractivity contribution is 6.23. The van der Waals surface area contributed by atoms with E-state index in [0.29, 0.717) is 12.8 Å². The first-order valence-electron chi connectivity index (χ1n) is 9.29. The van der Waals surface area contributed by atoms with Crippen LogP contribution in [0.3, 0.4) is 0 Å². The van der Waals surface area contributed by atoms with Crippen molar-refractivity contribution in [1.29, 1.82) is 0 Å². The van der Waals surface area contributed by atoms with Gasteiger partial charge in [-0.25, -0.2) is 14.8 Å². The Morgan fingerprint density at radius 3 is 2.31 bits per heavy atom. The Bertz CT molecular complexity index is 880. The van der Waals surface area contributed by atoms with Gasteiger partial charge in [-0.15, -0.1) is 0 Å². The van der Waals surface area contributed by atoms with E-state index in [0.717, 1.165) is 17.0 Å². The summed E-state index contributed by atoms with van der Waals surface area (Å²) in [6.45, 7) is 0.278. The lowest BCUT2D eigenvalue weighted by Crippen LogP contribution is -2.61. The van der Waals surface area contributed by atoms with E-state index in [9.17, 15) is 24.0 Å². The molecule has 1 aromatic carbocycles. The van der Waals surface area contributed by atoms with Gasteiger partial charge >= 0.3 is 6.16 Å². The van der Waals surface area contributed by atoms with Crippen LogP contribution in [0.2, 0.25) is 0 Å². The van der Waals surface area contributed by atoms with Gasteiger partial charge in [0, 0.05) is 19.4 Å². The number of imide groups is 1. The summed E-state index contributed by atoms with van der Waals surface area (Å²) in [5, 5.41) is 2.29. The van der Waals surface area contributed by atoms with Crippen LogP contribution in [0.4, 0.5) is 4.79 Å². The quantitative estimate of drug-likeness (QED) is 0.535. The van der Waals surface area contributed by atoms with E-state index >= 15 is 0 Å². The molecule has 0 aromatic heterocycles. The van der Waals surface area contributed by atoms with Gasteiger partial charge in [0.05, 0.1) is 18.2 Å². The molecule has 2 fully saturated rings. The van der Waals surface area contributed by atoms with Crippen LogP contribution in [0.15, 0.2) is 24.3 Å². The van der Waals surface area contributed by atoms with Crippen molar-refractivity contribution >= 4 is 29.8 Å². The Balaban J connectivity index is 1.68. The van der Waals surface area contributed by atoms with Crippen LogP contribution < -0.4 is 0 Å². The summed E-state index contributed by atoms with van der Waals surface area (Å²) in [4.78, 5) is 64.2. The van der Waals surface area contributed by atoms with E-state index in [1.165, 1.54) is 17.1 Å². The lowest BCUT2D eigenvalue weighted by molar-refractivity contribution is -0.197. The standard InChI is InChI=1S/C19H19N3O7/c1-28-19(27)29-15-7-4-10-20-14(23)9-8-13(18(26)22(15)20)21-16(24)11-5-2-3-6-12(11)17(21)25/h2-3,5-6,13,15H,4,7-10H2,1H3/t13?,15-/m0/s1. The summed E-state index contributed by atoms with van der Waals surface area (Å²) in [5.41, 5.74) is 0.442. The topological polar surface area (TPSA) is 114 Å². The van der Waals surface area contributed by atoms with E-state index in [1.807, 2.05) is 0 Å². The molecule has 10 heteroatoms. The van der Waals surface area contributed by atoms with Crippen LogP contribution in [-0.2, 0) is 19.1 Å². The van der Waals surface area contributed by atoms with Crippen molar-refractivity contribution in [2.45, 2.75) is 38.0 Å². The van der Waals surface area contributed by atoms with Crippen LogP contribution >= 0.6 is 0 Å². The summed E-state index contributed by atoms with van der Waals surface area (Å²) in [6.07, 6.45) is -1.23. The van der Waals surface area contributed by atoms with Gasteiger partial charge in [0.2, 0.25) is 5.91 Å². The number of ether oxygens (including phenoxy) is 2. The third-order valence-corrected chi connectivity index (χ3v) is 5.32. The summed E-state index contributed by atoms with van der Waals surface area (Å²) >= 11 is 0. The fourth-order valence-electron chi connectivity index (χ4n) is 3.97. The van der Waals surface area contributed by atoms with E-state index in [4.69, 9.17) is 4.74 Å². The third-order valence-electron chi connectivity index (χ3n) is 5.32. The van der Waals surface area contributed by atoms with Gasteiger partial charge in [0.25, 0.3) is 17.7 Å². The summed E-state index contributed by atoms with van der Waals surface area (Å²) in [7, 11) is 1.14. The molecule has 10 nitrogen and oxygen atoms in total. The number of rotatable bonds is 2. The zero-order valence-electron chi connectivity index (χ0n) is 15.7. The number of benzene rings is 1. The Morgan fingerprint density at radius 2 is 1.69 bits per heavy atom. The number of fused-ring (bicyclic) bond motifs is 2. The summed E-state index contributed by atoms with van der Waals surface area (Å²) in [6, 6.07) is 5.16. The number of amides is 4. The molecule has 0 spiro atoms. The minimum atomic E-state index is -1.17. The Kier molecular flexibility index (Phi) is 4.69. The second-order valence-electron chi connectivity index (χ2n) is 6.95. The van der Waals surface area contributed by atoms with Crippen LogP contribution in [0, 0.1) is 0 Å². The molecule has 3 aliphatic heterocycles. The van der Waals surface area contributed by atoms with Crippen LogP contribution in [-0.4, -0.2) is 70.6 Å². The zero-order valence-corrected chi connectivity index (χ0v) is 15.7. The van der Waals surface area contributed by atoms with Crippen molar-refractivity contribution in [3.63, 3.8) is 0 Å². The highest BCUT2D eigenvalue weighted by Crippen LogP contribution is 2.31. The molecule has 152 valence electrons. The normalized spacial score (nSPS) is 24.2. The van der Waals surface area contributed by atoms with E-state index in [2.05, 4.69) is 4.74 Å². The van der Waals surface area contributed by atoms with Crippen LogP contribution in [0.5, 0.6) is 0 Å². The molecule has 0 N–H and O–H groups in total. The zero-order chi connectivity index (χ0) is 20.7. The number of carbonyl (C=O) groups is 5. The Hall–Kier alpha value is -3.43. The number of nitrogens with zero attached hydrogens (tertiary/aromatic N) is 3. The molecular formula is C19H19N3O7. The molecule has 1 unspecified atom stereocenters. The molecule has 2 atom stereocenters. The number of methoxy groups -OCH3 is 1. The largest absolute Gasteiger partial charge is 0.509 e.